The number of aryl methyl sites for hydroxylation is 2. The van der Waals surface area contributed by atoms with E-state index in [4.69, 9.17) is 4.74 Å². The number of hydrogen-bond acceptors (Lipinski definition) is 2. The third kappa shape index (κ3) is 3.08. The van der Waals surface area contributed by atoms with E-state index in [0.717, 1.165) is 16.9 Å². The van der Waals surface area contributed by atoms with E-state index in [9.17, 15) is 4.79 Å². The van der Waals surface area contributed by atoms with Gasteiger partial charge in [-0.2, -0.15) is 0 Å². The summed E-state index contributed by atoms with van der Waals surface area (Å²) in [4.78, 5) is 11.1. The standard InChI is InChI=1S/C13H18O2/c1-5-12(14)8-15-13-7-9(2)6-10(3)11(13)4/h6-7H,5,8H2,1-4H3. The van der Waals surface area contributed by atoms with Crippen molar-refractivity contribution in [2.45, 2.75) is 34.1 Å². The van der Waals surface area contributed by atoms with Gasteiger partial charge in [-0.05, 0) is 43.5 Å². The first-order valence-corrected chi connectivity index (χ1v) is 5.27. The molecule has 0 saturated heterocycles. The molecule has 2 heteroatoms. The average Bonchev–Trinajstić information content (AvgIpc) is 2.20. The van der Waals surface area contributed by atoms with Crippen molar-refractivity contribution in [3.63, 3.8) is 0 Å². The quantitative estimate of drug-likeness (QED) is 0.757. The van der Waals surface area contributed by atoms with Crippen LogP contribution in [0.1, 0.15) is 30.0 Å². The van der Waals surface area contributed by atoms with Crippen LogP contribution in [0.5, 0.6) is 5.75 Å². The van der Waals surface area contributed by atoms with Gasteiger partial charge in [0.2, 0.25) is 0 Å². The molecule has 0 N–H and O–H groups in total. The molecule has 0 bridgehead atoms. The molecule has 82 valence electrons. The zero-order chi connectivity index (χ0) is 11.4. The van der Waals surface area contributed by atoms with Crippen LogP contribution in [-0.2, 0) is 4.79 Å². The molecule has 0 spiro atoms. The summed E-state index contributed by atoms with van der Waals surface area (Å²) in [5.74, 6) is 0.961. The molecular formula is C13H18O2. The predicted molar refractivity (Wildman–Crippen MR) is 61.4 cm³/mol. The molecule has 1 aromatic rings. The minimum Gasteiger partial charge on any atom is -0.486 e. The summed E-state index contributed by atoms with van der Waals surface area (Å²) >= 11 is 0. The lowest BCUT2D eigenvalue weighted by Gasteiger charge is -2.11. The lowest BCUT2D eigenvalue weighted by molar-refractivity contribution is -0.120. The third-order valence-electron chi connectivity index (χ3n) is 2.55. The molecule has 0 radical (unpaired) electrons. The van der Waals surface area contributed by atoms with Gasteiger partial charge in [0, 0.05) is 6.42 Å². The first-order valence-electron chi connectivity index (χ1n) is 5.27. The van der Waals surface area contributed by atoms with E-state index in [-0.39, 0.29) is 12.4 Å². The van der Waals surface area contributed by atoms with Crippen molar-refractivity contribution in [1.82, 2.24) is 0 Å². The van der Waals surface area contributed by atoms with E-state index < -0.39 is 0 Å². The van der Waals surface area contributed by atoms with Crippen LogP contribution in [-0.4, -0.2) is 12.4 Å². The lowest BCUT2D eigenvalue weighted by atomic mass is 10.1. The Balaban J connectivity index is 2.81. The second-order valence-electron chi connectivity index (χ2n) is 3.89. The fourth-order valence-corrected chi connectivity index (χ4v) is 1.41. The number of Topliss-reactive ketones (excluding diaryl/α,β-unsaturated/α-hetero) is 1. The molecule has 0 saturated carbocycles. The van der Waals surface area contributed by atoms with Gasteiger partial charge in [-0.15, -0.1) is 0 Å². The van der Waals surface area contributed by atoms with Gasteiger partial charge in [0.1, 0.15) is 12.4 Å². The molecule has 1 rings (SSSR count). The Morgan fingerprint density at radius 1 is 1.27 bits per heavy atom. The SMILES string of the molecule is CCC(=O)COc1cc(C)cc(C)c1C. The van der Waals surface area contributed by atoms with E-state index >= 15 is 0 Å². The first-order chi connectivity index (χ1) is 7.04. The Morgan fingerprint density at radius 3 is 2.53 bits per heavy atom. The Morgan fingerprint density at radius 2 is 1.93 bits per heavy atom. The largest absolute Gasteiger partial charge is 0.486 e. The molecule has 0 heterocycles. The van der Waals surface area contributed by atoms with Crippen molar-refractivity contribution < 1.29 is 9.53 Å². The minimum atomic E-state index is 0.133. The van der Waals surface area contributed by atoms with Crippen LogP contribution in [0.15, 0.2) is 12.1 Å². The van der Waals surface area contributed by atoms with Crippen LogP contribution in [0.3, 0.4) is 0 Å². The highest BCUT2D eigenvalue weighted by Gasteiger charge is 2.05. The minimum absolute atomic E-state index is 0.133. The molecule has 0 aliphatic carbocycles. The summed E-state index contributed by atoms with van der Waals surface area (Å²) in [6.07, 6.45) is 0.532. The summed E-state index contributed by atoms with van der Waals surface area (Å²) in [6.45, 7) is 8.12. The Hall–Kier alpha value is -1.31. The van der Waals surface area contributed by atoms with Crippen molar-refractivity contribution in [1.29, 1.82) is 0 Å². The van der Waals surface area contributed by atoms with Crippen molar-refractivity contribution in [2.24, 2.45) is 0 Å². The fourth-order valence-electron chi connectivity index (χ4n) is 1.41. The van der Waals surface area contributed by atoms with E-state index in [1.807, 2.05) is 26.8 Å². The average molecular weight is 206 g/mol. The Bertz CT molecular complexity index is 367. The number of benzene rings is 1. The number of rotatable bonds is 4. The monoisotopic (exact) mass is 206 g/mol. The zero-order valence-corrected chi connectivity index (χ0v) is 9.89. The Labute approximate surface area is 91.3 Å². The third-order valence-corrected chi connectivity index (χ3v) is 2.55. The summed E-state index contributed by atoms with van der Waals surface area (Å²) in [5, 5.41) is 0. The summed E-state index contributed by atoms with van der Waals surface area (Å²) in [6, 6.07) is 4.09. The van der Waals surface area contributed by atoms with Crippen molar-refractivity contribution >= 4 is 5.78 Å². The van der Waals surface area contributed by atoms with Crippen molar-refractivity contribution in [2.75, 3.05) is 6.61 Å². The van der Waals surface area contributed by atoms with E-state index in [0.29, 0.717) is 6.42 Å². The van der Waals surface area contributed by atoms with E-state index in [2.05, 4.69) is 13.0 Å². The highest BCUT2D eigenvalue weighted by Crippen LogP contribution is 2.23. The predicted octanol–water partition coefficient (Wildman–Crippen LogP) is 2.97. The number of carbonyl (C=O) groups excluding carboxylic acids is 1. The van der Waals surface area contributed by atoms with Gasteiger partial charge >= 0.3 is 0 Å². The van der Waals surface area contributed by atoms with E-state index in [1.165, 1.54) is 5.56 Å². The van der Waals surface area contributed by atoms with Crippen LogP contribution in [0.25, 0.3) is 0 Å². The maximum absolute atomic E-state index is 11.1. The van der Waals surface area contributed by atoms with Crippen LogP contribution >= 0.6 is 0 Å². The van der Waals surface area contributed by atoms with Crippen LogP contribution in [0, 0.1) is 20.8 Å². The number of carbonyl (C=O) groups is 1. The zero-order valence-electron chi connectivity index (χ0n) is 9.89. The Kier molecular flexibility index (Phi) is 3.89. The van der Waals surface area contributed by atoms with Gasteiger partial charge in [-0.25, -0.2) is 0 Å². The molecule has 2 nitrogen and oxygen atoms in total. The fraction of sp³-hybridized carbons (Fsp3) is 0.462. The maximum Gasteiger partial charge on any atom is 0.169 e. The summed E-state index contributed by atoms with van der Waals surface area (Å²) in [7, 11) is 0. The highest BCUT2D eigenvalue weighted by molar-refractivity contribution is 5.79. The molecule has 0 aliphatic heterocycles. The lowest BCUT2D eigenvalue weighted by Crippen LogP contribution is -2.10. The van der Waals surface area contributed by atoms with Gasteiger partial charge in [0.05, 0.1) is 0 Å². The molecule has 0 amide bonds. The smallest absolute Gasteiger partial charge is 0.169 e. The van der Waals surface area contributed by atoms with Gasteiger partial charge < -0.3 is 4.74 Å². The maximum atomic E-state index is 11.1. The van der Waals surface area contributed by atoms with Gasteiger partial charge in [0.15, 0.2) is 5.78 Å². The van der Waals surface area contributed by atoms with Gasteiger partial charge in [-0.1, -0.05) is 13.0 Å². The van der Waals surface area contributed by atoms with Crippen LogP contribution in [0.4, 0.5) is 0 Å². The number of ketones is 1. The van der Waals surface area contributed by atoms with Gasteiger partial charge in [0.25, 0.3) is 0 Å². The summed E-state index contributed by atoms with van der Waals surface area (Å²) in [5.41, 5.74) is 3.48. The second kappa shape index (κ2) is 4.96. The van der Waals surface area contributed by atoms with Crippen molar-refractivity contribution in [3.8, 4) is 5.75 Å². The van der Waals surface area contributed by atoms with Gasteiger partial charge in [-0.3, -0.25) is 4.79 Å². The first kappa shape index (κ1) is 11.8. The molecule has 0 fully saturated rings. The molecule has 0 aromatic heterocycles. The topological polar surface area (TPSA) is 26.3 Å². The van der Waals surface area contributed by atoms with Crippen molar-refractivity contribution in [3.05, 3.63) is 28.8 Å². The second-order valence-corrected chi connectivity index (χ2v) is 3.89. The van der Waals surface area contributed by atoms with Crippen LogP contribution < -0.4 is 4.74 Å². The van der Waals surface area contributed by atoms with E-state index in [1.54, 1.807) is 0 Å². The highest BCUT2D eigenvalue weighted by atomic mass is 16.5. The molecule has 0 unspecified atom stereocenters. The molecule has 15 heavy (non-hydrogen) atoms. The molecule has 1 aromatic carbocycles. The number of hydrogen-bond donors (Lipinski definition) is 0. The molecular weight excluding hydrogens is 188 g/mol. The number of ether oxygens (including phenoxy) is 1. The molecule has 0 atom stereocenters. The summed E-state index contributed by atoms with van der Waals surface area (Å²) < 4.78 is 5.50. The van der Waals surface area contributed by atoms with Crippen LogP contribution in [0.2, 0.25) is 0 Å². The normalized spacial score (nSPS) is 10.1. The molecule has 0 aliphatic rings.